The molecule has 2 N–H and O–H groups in total. The summed E-state index contributed by atoms with van der Waals surface area (Å²) in [6, 6.07) is 14.2. The average molecular weight is 408 g/mol. The van der Waals surface area contributed by atoms with E-state index in [9.17, 15) is 5.11 Å². The summed E-state index contributed by atoms with van der Waals surface area (Å²) in [5.74, 6) is 1.89. The van der Waals surface area contributed by atoms with Gasteiger partial charge in [-0.2, -0.15) is 0 Å². The van der Waals surface area contributed by atoms with Gasteiger partial charge in [-0.1, -0.05) is 18.2 Å². The molecule has 0 amide bonds. The van der Waals surface area contributed by atoms with E-state index < -0.39 is 0 Å². The number of rotatable bonds is 3. The monoisotopic (exact) mass is 407 g/mol. The van der Waals surface area contributed by atoms with Crippen LogP contribution in [0.25, 0.3) is 0 Å². The third-order valence-corrected chi connectivity index (χ3v) is 6.56. The molecule has 3 aliphatic rings. The molecule has 1 atom stereocenters. The Labute approximate surface area is 177 Å². The van der Waals surface area contributed by atoms with E-state index in [4.69, 9.17) is 14.5 Å². The van der Waals surface area contributed by atoms with E-state index in [1.54, 1.807) is 6.07 Å². The van der Waals surface area contributed by atoms with E-state index >= 15 is 0 Å². The molecule has 0 radical (unpaired) electrons. The molecule has 5 rings (SSSR count). The van der Waals surface area contributed by atoms with Crippen molar-refractivity contribution < 1.29 is 14.6 Å². The molecule has 0 bridgehead atoms. The predicted octanol–water partition coefficient (Wildman–Crippen LogP) is 3.85. The number of benzene rings is 2. The van der Waals surface area contributed by atoms with Crippen LogP contribution < -0.4 is 14.8 Å². The number of para-hydroxylation sites is 1. The minimum absolute atomic E-state index is 0.00900. The van der Waals surface area contributed by atoms with Crippen LogP contribution in [0.2, 0.25) is 0 Å². The second-order valence-corrected chi connectivity index (χ2v) is 8.75. The number of hydrogen-bond donors (Lipinski definition) is 2. The first-order valence-electron chi connectivity index (χ1n) is 10.8. The van der Waals surface area contributed by atoms with Crippen molar-refractivity contribution in [3.05, 3.63) is 53.6 Å². The smallest absolute Gasteiger partial charge is 0.231 e. The van der Waals surface area contributed by atoms with Gasteiger partial charge in [0.25, 0.3) is 0 Å². The molecule has 0 aromatic heterocycles. The highest BCUT2D eigenvalue weighted by molar-refractivity contribution is 6.02. The molecule has 6 nitrogen and oxygen atoms in total. The first-order chi connectivity index (χ1) is 14.5. The average Bonchev–Trinajstić information content (AvgIpc) is 3.22. The lowest BCUT2D eigenvalue weighted by Crippen LogP contribution is -2.56. The molecule has 3 aliphatic heterocycles. The fourth-order valence-electron chi connectivity index (χ4n) is 4.80. The lowest BCUT2D eigenvalue weighted by molar-refractivity contribution is 0.103. The van der Waals surface area contributed by atoms with E-state index in [-0.39, 0.29) is 18.5 Å². The van der Waals surface area contributed by atoms with Crippen LogP contribution >= 0.6 is 0 Å². The third kappa shape index (κ3) is 3.55. The predicted molar refractivity (Wildman–Crippen MR) is 116 cm³/mol. The Hall–Kier alpha value is -2.57. The Morgan fingerprint density at radius 1 is 1.10 bits per heavy atom. The molecule has 1 saturated heterocycles. The number of hydrogen-bond acceptors (Lipinski definition) is 6. The molecular weight excluding hydrogens is 378 g/mol. The van der Waals surface area contributed by atoms with Crippen LogP contribution in [0.15, 0.2) is 47.5 Å². The van der Waals surface area contributed by atoms with Gasteiger partial charge in [-0.05, 0) is 56.5 Å². The van der Waals surface area contributed by atoms with Gasteiger partial charge >= 0.3 is 0 Å². The Bertz CT molecular complexity index is 964. The van der Waals surface area contributed by atoms with E-state index in [0.717, 1.165) is 54.3 Å². The summed E-state index contributed by atoms with van der Waals surface area (Å²) in [5.41, 5.74) is 2.73. The molecule has 158 valence electrons. The number of fused-ring (bicyclic) bond motifs is 1. The molecule has 0 unspecified atom stereocenters. The Kier molecular flexibility index (Phi) is 4.91. The summed E-state index contributed by atoms with van der Waals surface area (Å²) in [6.07, 6.45) is 2.61. The van der Waals surface area contributed by atoms with Crippen molar-refractivity contribution in [3.8, 4) is 17.2 Å². The van der Waals surface area contributed by atoms with E-state index in [1.807, 2.05) is 30.3 Å². The summed E-state index contributed by atoms with van der Waals surface area (Å²) in [4.78, 5) is 7.77. The van der Waals surface area contributed by atoms with E-state index in [2.05, 4.69) is 30.1 Å². The standard InChI is InChI=1S/C24H29N3O3/c1-16(2)27-11-9-24(10-12-27)25-19(17-7-8-22-23(13-17)30-15-29-22)14-20(26-24)18-5-3-4-6-21(18)28/h3-8,13,16,20,26,28H,9-12,14-15H2,1-2H3/t20-/m1/s1. The van der Waals surface area contributed by atoms with Crippen molar-refractivity contribution in [1.29, 1.82) is 0 Å². The lowest BCUT2D eigenvalue weighted by Gasteiger charge is -2.46. The fraction of sp³-hybridized carbons (Fsp3) is 0.458. The quantitative estimate of drug-likeness (QED) is 0.809. The first-order valence-corrected chi connectivity index (χ1v) is 10.8. The third-order valence-electron chi connectivity index (χ3n) is 6.56. The van der Waals surface area contributed by atoms with Crippen LogP contribution in [0.4, 0.5) is 0 Å². The number of piperidine rings is 1. The highest BCUT2D eigenvalue weighted by Gasteiger charge is 2.41. The molecule has 1 fully saturated rings. The molecule has 0 saturated carbocycles. The minimum atomic E-state index is -0.317. The Morgan fingerprint density at radius 2 is 1.87 bits per heavy atom. The first kappa shape index (κ1) is 19.4. The zero-order chi connectivity index (χ0) is 20.7. The SMILES string of the molecule is CC(C)N1CCC2(CC1)N=C(c1ccc3c(c1)OCO3)C[C@H](c1ccccc1O)N2. The van der Waals surface area contributed by atoms with Crippen LogP contribution in [0, 0.1) is 0 Å². The van der Waals surface area contributed by atoms with Crippen molar-refractivity contribution in [2.24, 2.45) is 4.99 Å². The number of phenolic OH excluding ortho intramolecular Hbond substituents is 1. The van der Waals surface area contributed by atoms with Gasteiger partial charge in [0.1, 0.15) is 11.4 Å². The minimum Gasteiger partial charge on any atom is -0.508 e. The van der Waals surface area contributed by atoms with Gasteiger partial charge < -0.3 is 19.5 Å². The number of likely N-dealkylation sites (tertiary alicyclic amines) is 1. The number of nitrogens with one attached hydrogen (secondary N) is 1. The summed E-state index contributed by atoms with van der Waals surface area (Å²) in [7, 11) is 0. The zero-order valence-electron chi connectivity index (χ0n) is 17.6. The van der Waals surface area contributed by atoms with Gasteiger partial charge in [-0.15, -0.1) is 0 Å². The second kappa shape index (κ2) is 7.60. The van der Waals surface area contributed by atoms with Crippen molar-refractivity contribution in [2.75, 3.05) is 19.9 Å². The molecule has 2 aromatic rings. The Morgan fingerprint density at radius 3 is 2.63 bits per heavy atom. The van der Waals surface area contributed by atoms with Crippen LogP contribution in [-0.4, -0.2) is 47.3 Å². The zero-order valence-corrected chi connectivity index (χ0v) is 17.6. The van der Waals surface area contributed by atoms with Crippen LogP contribution in [-0.2, 0) is 0 Å². The summed E-state index contributed by atoms with van der Waals surface area (Å²) < 4.78 is 11.1. The van der Waals surface area contributed by atoms with E-state index in [1.165, 1.54) is 0 Å². The van der Waals surface area contributed by atoms with E-state index in [0.29, 0.717) is 18.2 Å². The van der Waals surface area contributed by atoms with Crippen molar-refractivity contribution in [3.63, 3.8) is 0 Å². The summed E-state index contributed by atoms with van der Waals surface area (Å²) in [6.45, 7) is 6.78. The molecule has 2 aromatic carbocycles. The fourth-order valence-corrected chi connectivity index (χ4v) is 4.80. The van der Waals surface area contributed by atoms with Crippen molar-refractivity contribution in [1.82, 2.24) is 10.2 Å². The molecule has 3 heterocycles. The highest BCUT2D eigenvalue weighted by Crippen LogP contribution is 2.39. The number of aromatic hydroxyl groups is 1. The Balaban J connectivity index is 1.51. The molecule has 0 aliphatic carbocycles. The molecular formula is C24H29N3O3. The molecule has 30 heavy (non-hydrogen) atoms. The maximum Gasteiger partial charge on any atom is 0.231 e. The van der Waals surface area contributed by atoms with Gasteiger partial charge in [-0.3, -0.25) is 10.3 Å². The number of ether oxygens (including phenoxy) is 2. The normalized spacial score (nSPS) is 23.0. The number of phenols is 1. The summed E-state index contributed by atoms with van der Waals surface area (Å²) >= 11 is 0. The van der Waals surface area contributed by atoms with Gasteiger partial charge in [-0.25, -0.2) is 0 Å². The molecule has 1 spiro atoms. The van der Waals surface area contributed by atoms with Crippen LogP contribution in [0.1, 0.15) is 50.3 Å². The van der Waals surface area contributed by atoms with Gasteiger partial charge in [0.2, 0.25) is 6.79 Å². The number of aliphatic imine (C=N–C) groups is 1. The topological polar surface area (TPSA) is 66.3 Å². The van der Waals surface area contributed by atoms with Crippen LogP contribution in [0.5, 0.6) is 17.2 Å². The maximum atomic E-state index is 10.5. The summed E-state index contributed by atoms with van der Waals surface area (Å²) in [5, 5.41) is 14.3. The van der Waals surface area contributed by atoms with Crippen molar-refractivity contribution >= 4 is 5.71 Å². The lowest BCUT2D eigenvalue weighted by atomic mass is 9.87. The highest BCUT2D eigenvalue weighted by atomic mass is 16.7. The van der Waals surface area contributed by atoms with Gasteiger partial charge in [0.15, 0.2) is 11.5 Å². The van der Waals surface area contributed by atoms with Crippen LogP contribution in [0.3, 0.4) is 0 Å². The van der Waals surface area contributed by atoms with Crippen molar-refractivity contribution in [2.45, 2.75) is 50.9 Å². The second-order valence-electron chi connectivity index (χ2n) is 8.75. The largest absolute Gasteiger partial charge is 0.508 e. The maximum absolute atomic E-state index is 10.5. The van der Waals surface area contributed by atoms with Gasteiger partial charge in [0.05, 0.1) is 0 Å². The van der Waals surface area contributed by atoms with Gasteiger partial charge in [0, 0.05) is 42.9 Å². The number of nitrogens with zero attached hydrogens (tertiary/aromatic N) is 2. The molecule has 6 heteroatoms.